The first-order chi connectivity index (χ1) is 20.2. The Kier molecular flexibility index (Phi) is 8.79. The van der Waals surface area contributed by atoms with Crippen LogP contribution in [-0.4, -0.2) is 58.1 Å². The van der Waals surface area contributed by atoms with Crippen molar-refractivity contribution < 1.29 is 24.0 Å². The van der Waals surface area contributed by atoms with E-state index in [0.717, 1.165) is 37.5 Å². The third kappa shape index (κ3) is 6.58. The molecule has 2 heterocycles. The van der Waals surface area contributed by atoms with E-state index >= 15 is 0 Å². The molecule has 4 fully saturated rings. The maximum atomic E-state index is 13.2. The van der Waals surface area contributed by atoms with Crippen molar-refractivity contribution in [2.24, 2.45) is 23.7 Å². The zero-order valence-corrected chi connectivity index (χ0v) is 23.5. The Morgan fingerprint density at radius 2 is 1.64 bits per heavy atom. The molecule has 12 heteroatoms. The van der Waals surface area contributed by atoms with Gasteiger partial charge >= 0.3 is 0 Å². The fourth-order valence-corrected chi connectivity index (χ4v) is 7.07. The van der Waals surface area contributed by atoms with Crippen molar-refractivity contribution in [3.05, 3.63) is 58.8 Å². The molecule has 4 bridgehead atoms. The summed E-state index contributed by atoms with van der Waals surface area (Å²) in [7, 11) is 1.32. The lowest BCUT2D eigenvalue weighted by Gasteiger charge is -2.54. The molecule has 0 saturated heterocycles. The number of hydrogen-bond acceptors (Lipinski definition) is 7. The second kappa shape index (κ2) is 12.7. The molecule has 1 atom stereocenters. The molecule has 0 spiro atoms. The molecule has 0 aliphatic heterocycles. The number of anilines is 1. The average Bonchev–Trinajstić information content (AvgIpc) is 2.98. The lowest BCUT2D eigenvalue weighted by Crippen LogP contribution is -2.56. The van der Waals surface area contributed by atoms with E-state index in [1.165, 1.54) is 54.8 Å². The second-order valence-corrected chi connectivity index (χ2v) is 11.7. The molecule has 0 aromatic carbocycles. The number of Topliss-reactive ketones (excluding diaryl/α,β-unsaturated/α-hetero) is 1. The highest BCUT2D eigenvalue weighted by Gasteiger charge is 2.48. The van der Waals surface area contributed by atoms with Gasteiger partial charge in [-0.15, -0.1) is 0 Å². The Balaban J connectivity index is 1.24. The minimum absolute atomic E-state index is 0.0780. The van der Waals surface area contributed by atoms with Crippen molar-refractivity contribution in [3.63, 3.8) is 0 Å². The molecule has 4 saturated carbocycles. The number of nitrogens with one attached hydrogen (secondary N) is 4. The van der Waals surface area contributed by atoms with Crippen LogP contribution in [0, 0.1) is 23.7 Å². The quantitative estimate of drug-likeness (QED) is 0.290. The van der Waals surface area contributed by atoms with Crippen molar-refractivity contribution >= 4 is 35.1 Å². The van der Waals surface area contributed by atoms with E-state index < -0.39 is 35.1 Å². The fraction of sp³-hybridized carbons (Fsp3) is 0.500. The van der Waals surface area contributed by atoms with Gasteiger partial charge in [0.05, 0.1) is 0 Å². The topological polar surface area (TPSA) is 168 Å². The maximum absolute atomic E-state index is 13.2. The predicted octanol–water partition coefficient (Wildman–Crippen LogP) is 1.02. The summed E-state index contributed by atoms with van der Waals surface area (Å²) in [6.07, 6.45) is 9.80. The van der Waals surface area contributed by atoms with Gasteiger partial charge in [0.2, 0.25) is 17.6 Å². The predicted molar refractivity (Wildman–Crippen MR) is 152 cm³/mol. The Morgan fingerprint density at radius 3 is 2.29 bits per heavy atom. The van der Waals surface area contributed by atoms with E-state index in [-0.39, 0.29) is 42.6 Å². The molecule has 222 valence electrons. The molecule has 4 amide bonds. The molecule has 4 aliphatic carbocycles. The number of ketones is 1. The van der Waals surface area contributed by atoms with Crippen LogP contribution in [-0.2, 0) is 25.7 Å². The molecule has 6 rings (SSSR count). The third-order valence-corrected chi connectivity index (χ3v) is 8.85. The van der Waals surface area contributed by atoms with Crippen molar-refractivity contribution in [2.45, 2.75) is 63.6 Å². The van der Waals surface area contributed by atoms with E-state index in [1.807, 2.05) is 0 Å². The zero-order chi connectivity index (χ0) is 29.8. The summed E-state index contributed by atoms with van der Waals surface area (Å²) in [4.78, 5) is 79.8. The van der Waals surface area contributed by atoms with Gasteiger partial charge in [0.1, 0.15) is 18.3 Å². The van der Waals surface area contributed by atoms with Gasteiger partial charge in [0, 0.05) is 43.7 Å². The molecule has 12 nitrogen and oxygen atoms in total. The number of likely N-dealkylation sites (N-methyl/N-ethyl adjacent to an activating group) is 1. The van der Waals surface area contributed by atoms with Crippen LogP contribution in [0.25, 0.3) is 0 Å². The van der Waals surface area contributed by atoms with Crippen LogP contribution in [0.15, 0.2) is 47.7 Å². The second-order valence-electron chi connectivity index (χ2n) is 11.7. The van der Waals surface area contributed by atoms with E-state index in [2.05, 4.69) is 26.3 Å². The van der Waals surface area contributed by atoms with Gasteiger partial charge in [-0.2, -0.15) is 0 Å². The highest BCUT2D eigenvalue weighted by Crippen LogP contribution is 2.53. The van der Waals surface area contributed by atoms with Crippen LogP contribution in [0.1, 0.15) is 55.3 Å². The number of carbonyl (C=O) groups is 5. The third-order valence-electron chi connectivity index (χ3n) is 8.85. The SMILES string of the molecule is CNC(=O)C(=O)CC[C@H](NC(=O)c1ccncc1)C(=O)Nc1cccn(CC(=O)NC2C3CC4CC(C3)CC2C4)c1=O. The van der Waals surface area contributed by atoms with Gasteiger partial charge in [0.15, 0.2) is 0 Å². The van der Waals surface area contributed by atoms with Crippen molar-refractivity contribution in [1.82, 2.24) is 25.5 Å². The Labute approximate surface area is 243 Å². The van der Waals surface area contributed by atoms with Crippen molar-refractivity contribution in [1.29, 1.82) is 0 Å². The number of hydrogen-bond donors (Lipinski definition) is 4. The number of amides is 4. The number of nitrogens with zero attached hydrogens (tertiary/aromatic N) is 2. The van der Waals surface area contributed by atoms with Gasteiger partial charge in [-0.25, -0.2) is 0 Å². The molecule has 2 aromatic rings. The van der Waals surface area contributed by atoms with Gasteiger partial charge < -0.3 is 25.8 Å². The van der Waals surface area contributed by atoms with E-state index in [4.69, 9.17) is 0 Å². The summed E-state index contributed by atoms with van der Waals surface area (Å²) in [6.45, 7) is -0.186. The number of pyridine rings is 2. The summed E-state index contributed by atoms with van der Waals surface area (Å²) in [5, 5.41) is 10.5. The van der Waals surface area contributed by atoms with E-state index in [1.54, 1.807) is 6.07 Å². The summed E-state index contributed by atoms with van der Waals surface area (Å²) in [5.74, 6) is -0.565. The molecule has 0 unspecified atom stereocenters. The Bertz CT molecular complexity index is 1390. The molecule has 2 aromatic heterocycles. The first kappa shape index (κ1) is 29.2. The highest BCUT2D eigenvalue weighted by molar-refractivity contribution is 6.36. The summed E-state index contributed by atoms with van der Waals surface area (Å²) in [6, 6.07) is 4.80. The van der Waals surface area contributed by atoms with Crippen molar-refractivity contribution in [2.75, 3.05) is 12.4 Å². The lowest BCUT2D eigenvalue weighted by molar-refractivity contribution is -0.137. The normalized spacial score (nSPS) is 24.4. The highest BCUT2D eigenvalue weighted by atomic mass is 16.2. The summed E-state index contributed by atoms with van der Waals surface area (Å²) < 4.78 is 1.24. The number of aromatic nitrogens is 2. The van der Waals surface area contributed by atoms with Gasteiger partial charge in [-0.1, -0.05) is 0 Å². The van der Waals surface area contributed by atoms with Crippen molar-refractivity contribution in [3.8, 4) is 0 Å². The van der Waals surface area contributed by atoms with Gasteiger partial charge in [-0.3, -0.25) is 33.8 Å². The smallest absolute Gasteiger partial charge is 0.287 e. The molecule has 42 heavy (non-hydrogen) atoms. The summed E-state index contributed by atoms with van der Waals surface area (Å²) in [5.41, 5.74) is -0.412. The monoisotopic (exact) mass is 576 g/mol. The Hall–Kier alpha value is -4.35. The first-order valence-electron chi connectivity index (χ1n) is 14.5. The van der Waals surface area contributed by atoms with Crippen LogP contribution in [0.4, 0.5) is 5.69 Å². The molecule has 4 N–H and O–H groups in total. The zero-order valence-electron chi connectivity index (χ0n) is 23.5. The van der Waals surface area contributed by atoms with Crippen LogP contribution < -0.4 is 26.8 Å². The van der Waals surface area contributed by atoms with Gasteiger partial charge in [-0.05, 0) is 86.5 Å². The molecular formula is C30H36N6O6. The average molecular weight is 577 g/mol. The van der Waals surface area contributed by atoms with Crippen LogP contribution in [0.2, 0.25) is 0 Å². The minimum atomic E-state index is -1.23. The summed E-state index contributed by atoms with van der Waals surface area (Å²) >= 11 is 0. The Morgan fingerprint density at radius 1 is 0.976 bits per heavy atom. The number of carbonyl (C=O) groups excluding carboxylic acids is 5. The van der Waals surface area contributed by atoms with Crippen LogP contribution in [0.5, 0.6) is 0 Å². The molecular weight excluding hydrogens is 540 g/mol. The van der Waals surface area contributed by atoms with E-state index in [9.17, 15) is 28.8 Å². The van der Waals surface area contributed by atoms with Gasteiger partial charge in [0.25, 0.3) is 17.4 Å². The lowest BCUT2D eigenvalue weighted by atomic mass is 9.54. The standard InChI is InChI=1S/C30H36N6O6/c1-31-29(41)24(37)5-4-22(33-27(39)19-6-8-32-9-7-19)28(40)34-23-3-2-10-36(30(23)42)16-25(38)35-26-20-12-17-11-18(14-20)15-21(26)13-17/h2-3,6-10,17-18,20-22,26H,4-5,11-16H2,1H3,(H,31,41)(H,33,39)(H,34,40)(H,35,38)/t17?,18?,20?,21?,22-,26?/m0/s1. The minimum Gasteiger partial charge on any atom is -0.353 e. The van der Waals surface area contributed by atoms with Crippen LogP contribution >= 0.6 is 0 Å². The van der Waals surface area contributed by atoms with E-state index in [0.29, 0.717) is 11.8 Å². The largest absolute Gasteiger partial charge is 0.353 e. The molecule has 4 aliphatic rings. The van der Waals surface area contributed by atoms with Crippen LogP contribution in [0.3, 0.4) is 0 Å². The molecule has 0 radical (unpaired) electrons. The fourth-order valence-electron chi connectivity index (χ4n) is 7.07. The first-order valence-corrected chi connectivity index (χ1v) is 14.5. The maximum Gasteiger partial charge on any atom is 0.287 e. The number of rotatable bonds is 11.